The van der Waals surface area contributed by atoms with E-state index < -0.39 is 0 Å². The zero-order valence-corrected chi connectivity index (χ0v) is 33.1. The Labute approximate surface area is 311 Å². The molecule has 0 aromatic carbocycles. The molecule has 7 heteroatoms. The fourth-order valence-corrected chi connectivity index (χ4v) is 10.1. The van der Waals surface area contributed by atoms with Crippen molar-refractivity contribution in [2.24, 2.45) is 53.3 Å². The van der Waals surface area contributed by atoms with Crippen molar-refractivity contribution >= 4 is 11.9 Å². The van der Waals surface area contributed by atoms with Gasteiger partial charge in [-0.1, -0.05) is 72.0 Å². The molecule has 7 nitrogen and oxygen atoms in total. The normalized spacial score (nSPS) is 29.8. The van der Waals surface area contributed by atoms with Crippen LogP contribution in [0.4, 0.5) is 0 Å². The summed E-state index contributed by atoms with van der Waals surface area (Å²) in [6, 6.07) is 0. The number of hydrogen-bond donors (Lipinski definition) is 2. The predicted molar refractivity (Wildman–Crippen MR) is 206 cm³/mol. The molecule has 0 bridgehead atoms. The Morgan fingerprint density at radius 1 is 0.667 bits per heavy atom. The van der Waals surface area contributed by atoms with Gasteiger partial charge in [-0.05, 0) is 138 Å². The summed E-state index contributed by atoms with van der Waals surface area (Å²) in [6.07, 6.45) is 22.9. The molecule has 0 aromatic rings. The van der Waals surface area contributed by atoms with E-state index in [1.807, 2.05) is 0 Å². The van der Waals surface area contributed by atoms with Crippen LogP contribution < -0.4 is 0 Å². The second-order valence-electron chi connectivity index (χ2n) is 16.9. The number of rotatable bonds is 23. The van der Waals surface area contributed by atoms with Crippen molar-refractivity contribution in [3.05, 3.63) is 24.3 Å². The molecule has 5 atom stereocenters. The van der Waals surface area contributed by atoms with E-state index in [4.69, 9.17) is 14.2 Å². The predicted octanol–water partition coefficient (Wildman–Crippen LogP) is 9.63. The molecule has 0 heterocycles. The second-order valence-corrected chi connectivity index (χ2v) is 16.9. The van der Waals surface area contributed by atoms with Crippen LogP contribution in [0.1, 0.15) is 150 Å². The van der Waals surface area contributed by atoms with Crippen molar-refractivity contribution in [3.8, 4) is 0 Å². The van der Waals surface area contributed by atoms with Crippen LogP contribution in [0.15, 0.2) is 24.3 Å². The lowest BCUT2D eigenvalue weighted by atomic mass is 9.58. The highest BCUT2D eigenvalue weighted by atomic mass is 16.5. The second kappa shape index (κ2) is 23.9. The summed E-state index contributed by atoms with van der Waals surface area (Å²) in [5.41, 5.74) is 0.842. The van der Waals surface area contributed by atoms with Gasteiger partial charge in [0.05, 0.1) is 19.3 Å². The molecule has 3 saturated carbocycles. The minimum absolute atomic E-state index is 0.0388. The average molecular weight is 717 g/mol. The van der Waals surface area contributed by atoms with Gasteiger partial charge in [0.25, 0.3) is 0 Å². The molecule has 5 unspecified atom stereocenters. The zero-order chi connectivity index (χ0) is 37.2. The summed E-state index contributed by atoms with van der Waals surface area (Å²) in [6.45, 7) is 16.7. The largest absolute Gasteiger partial charge is 0.462 e. The third-order valence-electron chi connectivity index (χ3n) is 13.1. The first-order valence-electron chi connectivity index (χ1n) is 21.1. The lowest BCUT2D eigenvalue weighted by Gasteiger charge is -2.49. The number of hydrogen-bond acceptors (Lipinski definition) is 7. The Morgan fingerprint density at radius 3 is 1.73 bits per heavy atom. The van der Waals surface area contributed by atoms with Crippen LogP contribution in [0.5, 0.6) is 0 Å². The van der Waals surface area contributed by atoms with E-state index in [-0.39, 0.29) is 37.2 Å². The molecular weight excluding hydrogens is 640 g/mol. The molecule has 0 amide bonds. The first-order chi connectivity index (χ1) is 24.6. The lowest BCUT2D eigenvalue weighted by Crippen LogP contribution is -2.44. The maximum atomic E-state index is 12.1. The van der Waals surface area contributed by atoms with Crippen LogP contribution >= 0.6 is 0 Å². The Balaban J connectivity index is 1.72. The van der Waals surface area contributed by atoms with Crippen molar-refractivity contribution < 1.29 is 34.0 Å². The third kappa shape index (κ3) is 14.6. The molecule has 3 fully saturated rings. The summed E-state index contributed by atoms with van der Waals surface area (Å²) < 4.78 is 17.7. The van der Waals surface area contributed by atoms with Crippen LogP contribution in [0.2, 0.25) is 0 Å². The third-order valence-corrected chi connectivity index (χ3v) is 13.1. The quantitative estimate of drug-likeness (QED) is 0.0617. The maximum absolute atomic E-state index is 12.1. The molecular formula is C44H76O7. The molecule has 3 aliphatic rings. The van der Waals surface area contributed by atoms with E-state index in [1.54, 1.807) is 13.8 Å². The molecule has 3 rings (SSSR count). The number of carbonyl (C=O) groups excluding carboxylic acids is 2. The SMILES string of the molecule is C=C(C)C(=O)OCCCC1CC(C2CCC(C3CCC(CCCCC)CC3)CC2CC)CC(CCCOC(=O)C(=C)C)C1OCCC(CO)CO. The topological polar surface area (TPSA) is 102 Å². The highest BCUT2D eigenvalue weighted by Gasteiger charge is 2.44. The smallest absolute Gasteiger partial charge is 0.333 e. The van der Waals surface area contributed by atoms with E-state index in [0.717, 1.165) is 68.1 Å². The van der Waals surface area contributed by atoms with Gasteiger partial charge in [0.15, 0.2) is 0 Å². The fourth-order valence-electron chi connectivity index (χ4n) is 10.1. The summed E-state index contributed by atoms with van der Waals surface area (Å²) >= 11 is 0. The number of aliphatic hydroxyl groups excluding tert-OH is 2. The highest BCUT2D eigenvalue weighted by Crippen LogP contribution is 2.52. The maximum Gasteiger partial charge on any atom is 0.333 e. The van der Waals surface area contributed by atoms with Crippen molar-refractivity contribution in [1.82, 2.24) is 0 Å². The van der Waals surface area contributed by atoms with Crippen molar-refractivity contribution in [1.29, 1.82) is 0 Å². The fraction of sp³-hybridized carbons (Fsp3) is 0.864. The van der Waals surface area contributed by atoms with Crippen molar-refractivity contribution in [3.63, 3.8) is 0 Å². The lowest BCUT2D eigenvalue weighted by molar-refractivity contribution is -0.139. The van der Waals surface area contributed by atoms with Gasteiger partial charge >= 0.3 is 11.9 Å². The number of ether oxygens (including phenoxy) is 3. The van der Waals surface area contributed by atoms with Gasteiger partial charge in [-0.3, -0.25) is 0 Å². The van der Waals surface area contributed by atoms with Gasteiger partial charge in [-0.2, -0.15) is 0 Å². The summed E-state index contributed by atoms with van der Waals surface area (Å²) in [4.78, 5) is 24.2. The van der Waals surface area contributed by atoms with Crippen LogP contribution in [-0.4, -0.2) is 61.3 Å². The Kier molecular flexibility index (Phi) is 20.4. The van der Waals surface area contributed by atoms with Gasteiger partial charge in [-0.25, -0.2) is 9.59 Å². The van der Waals surface area contributed by atoms with E-state index >= 15 is 0 Å². The van der Waals surface area contributed by atoms with Gasteiger partial charge in [0.1, 0.15) is 0 Å². The number of unbranched alkanes of at least 4 members (excludes halogenated alkanes) is 2. The van der Waals surface area contributed by atoms with Gasteiger partial charge < -0.3 is 24.4 Å². The summed E-state index contributed by atoms with van der Waals surface area (Å²) in [5, 5.41) is 19.4. The average Bonchev–Trinajstić information content (AvgIpc) is 3.13. The molecule has 0 aromatic heterocycles. The summed E-state index contributed by atoms with van der Waals surface area (Å²) in [5.74, 6) is 4.67. The number of esters is 2. The highest BCUT2D eigenvalue weighted by molar-refractivity contribution is 5.87. The van der Waals surface area contributed by atoms with Crippen LogP contribution in [0.3, 0.4) is 0 Å². The van der Waals surface area contributed by atoms with E-state index in [0.29, 0.717) is 55.1 Å². The van der Waals surface area contributed by atoms with Gasteiger partial charge in [0, 0.05) is 36.9 Å². The summed E-state index contributed by atoms with van der Waals surface area (Å²) in [7, 11) is 0. The molecule has 0 radical (unpaired) electrons. The standard InChI is InChI=1S/C44H76O7/c1-7-9-10-13-33-16-18-36(19-17-33)37-20-21-41(35(8-2)26-37)40-27-38(14-11-23-50-43(47)31(3)4)42(49-25-22-34(29-45)30-46)39(28-40)15-12-24-51-44(48)32(5)6/h33-42,45-46H,3,5,7-30H2,1-2,4,6H3. The van der Waals surface area contributed by atoms with Crippen LogP contribution in [0, 0.1) is 53.3 Å². The molecule has 51 heavy (non-hydrogen) atoms. The first kappa shape index (κ1) is 43.7. The Morgan fingerprint density at radius 2 is 1.22 bits per heavy atom. The Bertz CT molecular complexity index is 984. The van der Waals surface area contributed by atoms with Gasteiger partial charge in [-0.15, -0.1) is 0 Å². The molecule has 0 aliphatic heterocycles. The minimum atomic E-state index is -0.335. The number of aliphatic hydroxyl groups is 2. The monoisotopic (exact) mass is 717 g/mol. The molecule has 3 aliphatic carbocycles. The molecule has 0 spiro atoms. The van der Waals surface area contributed by atoms with Gasteiger partial charge in [0.2, 0.25) is 0 Å². The zero-order valence-electron chi connectivity index (χ0n) is 33.1. The molecule has 294 valence electrons. The first-order valence-corrected chi connectivity index (χ1v) is 21.1. The Hall–Kier alpha value is -1.70. The number of carbonyl (C=O) groups is 2. The van der Waals surface area contributed by atoms with E-state index in [2.05, 4.69) is 27.0 Å². The van der Waals surface area contributed by atoms with Crippen molar-refractivity contribution in [2.45, 2.75) is 156 Å². The minimum Gasteiger partial charge on any atom is -0.462 e. The van der Waals surface area contributed by atoms with Crippen molar-refractivity contribution in [2.75, 3.05) is 33.0 Å². The van der Waals surface area contributed by atoms with E-state index in [9.17, 15) is 19.8 Å². The van der Waals surface area contributed by atoms with Crippen LogP contribution in [0.25, 0.3) is 0 Å². The van der Waals surface area contributed by atoms with Crippen LogP contribution in [-0.2, 0) is 23.8 Å². The molecule has 0 saturated heterocycles. The van der Waals surface area contributed by atoms with E-state index in [1.165, 1.54) is 77.0 Å². The molecule has 2 N–H and O–H groups in total.